The van der Waals surface area contributed by atoms with E-state index in [4.69, 9.17) is 0 Å². The van der Waals surface area contributed by atoms with E-state index in [0.717, 1.165) is 31.4 Å². The topological polar surface area (TPSA) is 94.0 Å². The van der Waals surface area contributed by atoms with E-state index in [1.807, 2.05) is 4.57 Å². The van der Waals surface area contributed by atoms with Crippen molar-refractivity contribution in [3.8, 4) is 5.75 Å². The van der Waals surface area contributed by atoms with Crippen LogP contribution in [0.5, 0.6) is 5.75 Å². The zero-order chi connectivity index (χ0) is 16.2. The molecule has 0 aromatic carbocycles. The minimum Gasteiger partial charge on any atom is -0.433 e. The first-order valence-corrected chi connectivity index (χ1v) is 6.98. The van der Waals surface area contributed by atoms with Gasteiger partial charge in [0.1, 0.15) is 17.4 Å². The summed E-state index contributed by atoms with van der Waals surface area (Å²) in [7, 11) is 0. The number of carbonyl (C=O) groups is 1. The molecular formula is C13H14F2N6O2. The van der Waals surface area contributed by atoms with E-state index >= 15 is 0 Å². The maximum Gasteiger partial charge on any atom is 0.387 e. The summed E-state index contributed by atoms with van der Waals surface area (Å²) in [5.41, 5.74) is 0. The Morgan fingerprint density at radius 3 is 3.00 bits per heavy atom. The number of amides is 2. The van der Waals surface area contributed by atoms with Crippen molar-refractivity contribution in [1.82, 2.24) is 25.1 Å². The average molecular weight is 324 g/mol. The number of urea groups is 1. The van der Waals surface area contributed by atoms with Crippen molar-refractivity contribution in [1.29, 1.82) is 0 Å². The standard InChI is InChI=1S/C13H14F2N6O2/c14-12(15)23-8-3-4-9(16-6-8)18-13(22)17-7-11-20-19-10-2-1-5-21(10)11/h3-4,6,12H,1-2,5,7H2,(H2,16,17,18,22). The van der Waals surface area contributed by atoms with Gasteiger partial charge in [-0.3, -0.25) is 5.32 Å². The Kier molecular flexibility index (Phi) is 4.31. The molecule has 0 bridgehead atoms. The van der Waals surface area contributed by atoms with Crippen LogP contribution in [0.2, 0.25) is 0 Å². The van der Waals surface area contributed by atoms with E-state index in [1.165, 1.54) is 12.1 Å². The Morgan fingerprint density at radius 2 is 2.26 bits per heavy atom. The first-order chi connectivity index (χ1) is 11.1. The molecule has 2 aromatic rings. The molecule has 122 valence electrons. The number of rotatable bonds is 5. The van der Waals surface area contributed by atoms with E-state index in [2.05, 4.69) is 30.6 Å². The van der Waals surface area contributed by atoms with Crippen LogP contribution in [0.1, 0.15) is 18.1 Å². The lowest BCUT2D eigenvalue weighted by atomic mass is 10.4. The number of hydrogen-bond acceptors (Lipinski definition) is 5. The molecule has 0 fully saturated rings. The number of halogens is 2. The molecule has 0 radical (unpaired) electrons. The molecule has 2 amide bonds. The minimum absolute atomic E-state index is 0.0787. The van der Waals surface area contributed by atoms with Crippen molar-refractivity contribution in [3.05, 3.63) is 30.0 Å². The molecule has 2 aromatic heterocycles. The quantitative estimate of drug-likeness (QED) is 0.870. The van der Waals surface area contributed by atoms with Crippen molar-refractivity contribution in [2.75, 3.05) is 5.32 Å². The molecule has 1 aliphatic rings. The van der Waals surface area contributed by atoms with Crippen LogP contribution in [0.3, 0.4) is 0 Å². The summed E-state index contributed by atoms with van der Waals surface area (Å²) in [6.45, 7) is -1.82. The summed E-state index contributed by atoms with van der Waals surface area (Å²) >= 11 is 0. The highest BCUT2D eigenvalue weighted by molar-refractivity contribution is 5.88. The number of hydrogen-bond donors (Lipinski definition) is 2. The van der Waals surface area contributed by atoms with Crippen LogP contribution in [0.4, 0.5) is 19.4 Å². The summed E-state index contributed by atoms with van der Waals surface area (Å²) in [5, 5.41) is 13.2. The fraction of sp³-hybridized carbons (Fsp3) is 0.385. The van der Waals surface area contributed by atoms with E-state index in [1.54, 1.807) is 0 Å². The number of aromatic nitrogens is 4. The molecule has 0 spiro atoms. The zero-order valence-electron chi connectivity index (χ0n) is 12.0. The van der Waals surface area contributed by atoms with Crippen LogP contribution in [-0.2, 0) is 19.5 Å². The lowest BCUT2D eigenvalue weighted by Gasteiger charge is -2.08. The van der Waals surface area contributed by atoms with Crippen LogP contribution >= 0.6 is 0 Å². The van der Waals surface area contributed by atoms with Gasteiger partial charge in [0.05, 0.1) is 12.7 Å². The van der Waals surface area contributed by atoms with Crippen LogP contribution in [0, 0.1) is 0 Å². The monoisotopic (exact) mass is 324 g/mol. The Bertz CT molecular complexity index is 688. The molecule has 0 unspecified atom stereocenters. The van der Waals surface area contributed by atoms with E-state index in [9.17, 15) is 13.6 Å². The lowest BCUT2D eigenvalue weighted by molar-refractivity contribution is -0.0500. The van der Waals surface area contributed by atoms with E-state index in [0.29, 0.717) is 5.82 Å². The Balaban J connectivity index is 1.51. The maximum absolute atomic E-state index is 12.0. The van der Waals surface area contributed by atoms with E-state index < -0.39 is 12.6 Å². The molecule has 2 N–H and O–H groups in total. The van der Waals surface area contributed by atoms with Gasteiger partial charge >= 0.3 is 12.6 Å². The summed E-state index contributed by atoms with van der Waals surface area (Å²) < 4.78 is 30.2. The summed E-state index contributed by atoms with van der Waals surface area (Å²) in [6.07, 6.45) is 3.03. The van der Waals surface area contributed by atoms with Crippen LogP contribution in [0.15, 0.2) is 18.3 Å². The van der Waals surface area contributed by atoms with Crippen molar-refractivity contribution >= 4 is 11.8 Å². The Labute approximate surface area is 129 Å². The first kappa shape index (κ1) is 15.1. The minimum atomic E-state index is -2.91. The zero-order valence-corrected chi connectivity index (χ0v) is 12.0. The molecule has 3 heterocycles. The molecule has 3 rings (SSSR count). The van der Waals surface area contributed by atoms with Gasteiger partial charge in [-0.05, 0) is 18.6 Å². The van der Waals surface area contributed by atoms with Gasteiger partial charge in [0.2, 0.25) is 0 Å². The SMILES string of the molecule is O=C(NCc1nnc2n1CCC2)Nc1ccc(OC(F)F)cn1. The molecule has 0 aliphatic carbocycles. The number of nitrogens with zero attached hydrogens (tertiary/aromatic N) is 4. The highest BCUT2D eigenvalue weighted by Crippen LogP contribution is 2.15. The summed E-state index contributed by atoms with van der Waals surface area (Å²) in [5.74, 6) is 1.76. The average Bonchev–Trinajstić information content (AvgIpc) is 3.10. The Hall–Kier alpha value is -2.78. The predicted octanol–water partition coefficient (Wildman–Crippen LogP) is 1.54. The highest BCUT2D eigenvalue weighted by atomic mass is 19.3. The van der Waals surface area contributed by atoms with Gasteiger partial charge in [0.15, 0.2) is 5.82 Å². The second-order valence-electron chi connectivity index (χ2n) is 4.85. The molecule has 0 saturated carbocycles. The van der Waals surface area contributed by atoms with Crippen molar-refractivity contribution < 1.29 is 18.3 Å². The fourth-order valence-corrected chi connectivity index (χ4v) is 2.29. The summed E-state index contributed by atoms with van der Waals surface area (Å²) in [6, 6.07) is 2.18. The number of aryl methyl sites for hydroxylation is 1. The molecule has 0 saturated heterocycles. The van der Waals surface area contributed by atoms with Crippen LogP contribution in [0.25, 0.3) is 0 Å². The molecule has 10 heteroatoms. The smallest absolute Gasteiger partial charge is 0.387 e. The van der Waals surface area contributed by atoms with E-state index in [-0.39, 0.29) is 18.1 Å². The largest absolute Gasteiger partial charge is 0.433 e. The third-order valence-electron chi connectivity index (χ3n) is 3.30. The molecular weight excluding hydrogens is 310 g/mol. The second-order valence-corrected chi connectivity index (χ2v) is 4.85. The van der Waals surface area contributed by atoms with Gasteiger partial charge in [-0.1, -0.05) is 0 Å². The maximum atomic E-state index is 12.0. The Morgan fingerprint density at radius 1 is 1.39 bits per heavy atom. The number of nitrogens with one attached hydrogen (secondary N) is 2. The third kappa shape index (κ3) is 3.71. The molecule has 8 nitrogen and oxygen atoms in total. The normalized spacial score (nSPS) is 13.0. The highest BCUT2D eigenvalue weighted by Gasteiger charge is 2.17. The number of pyridine rings is 1. The van der Waals surface area contributed by atoms with Gasteiger partial charge in [0, 0.05) is 13.0 Å². The predicted molar refractivity (Wildman–Crippen MR) is 75.1 cm³/mol. The summed E-state index contributed by atoms with van der Waals surface area (Å²) in [4.78, 5) is 15.6. The number of alkyl halides is 2. The second kappa shape index (κ2) is 6.55. The van der Waals surface area contributed by atoms with Gasteiger partial charge in [-0.25, -0.2) is 9.78 Å². The van der Waals surface area contributed by atoms with Gasteiger partial charge in [0.25, 0.3) is 0 Å². The number of fused-ring (bicyclic) bond motifs is 1. The van der Waals surface area contributed by atoms with Gasteiger partial charge < -0.3 is 14.6 Å². The van der Waals surface area contributed by atoms with Crippen molar-refractivity contribution in [3.63, 3.8) is 0 Å². The molecule has 1 aliphatic heterocycles. The molecule has 23 heavy (non-hydrogen) atoms. The van der Waals surface area contributed by atoms with Gasteiger partial charge in [-0.2, -0.15) is 8.78 Å². The fourth-order valence-electron chi connectivity index (χ4n) is 2.29. The van der Waals surface area contributed by atoms with Gasteiger partial charge in [-0.15, -0.1) is 10.2 Å². The number of ether oxygens (including phenoxy) is 1. The van der Waals surface area contributed by atoms with Crippen molar-refractivity contribution in [2.24, 2.45) is 0 Å². The first-order valence-electron chi connectivity index (χ1n) is 6.98. The van der Waals surface area contributed by atoms with Crippen LogP contribution in [-0.4, -0.2) is 32.4 Å². The number of anilines is 1. The van der Waals surface area contributed by atoms with Crippen LogP contribution < -0.4 is 15.4 Å². The third-order valence-corrected chi connectivity index (χ3v) is 3.30. The number of carbonyl (C=O) groups excluding carboxylic acids is 1. The lowest BCUT2D eigenvalue weighted by Crippen LogP contribution is -2.29. The van der Waals surface area contributed by atoms with Crippen molar-refractivity contribution in [2.45, 2.75) is 32.5 Å². The molecule has 0 atom stereocenters.